The van der Waals surface area contributed by atoms with Crippen LogP contribution in [0.5, 0.6) is 5.75 Å². The highest BCUT2D eigenvalue weighted by Gasteiger charge is 2.24. The SMILES string of the molecule is COc1ccc(NC(=O)CSc2nc(C(C)(C)C)nc3c2c(=O)n(C)c(=O)n3C)cc1Cl. The van der Waals surface area contributed by atoms with Crippen LogP contribution in [0.15, 0.2) is 32.8 Å². The van der Waals surface area contributed by atoms with Crippen LogP contribution in [0.25, 0.3) is 11.0 Å². The number of thioether (sulfide) groups is 1. The zero-order valence-corrected chi connectivity index (χ0v) is 20.2. The summed E-state index contributed by atoms with van der Waals surface area (Å²) in [5.41, 5.74) is -0.659. The van der Waals surface area contributed by atoms with Crippen molar-refractivity contribution in [1.29, 1.82) is 0 Å². The number of methoxy groups -OCH3 is 1. The molecule has 0 radical (unpaired) electrons. The molecule has 0 bridgehead atoms. The molecule has 1 aromatic carbocycles. The predicted molar refractivity (Wildman–Crippen MR) is 126 cm³/mol. The summed E-state index contributed by atoms with van der Waals surface area (Å²) in [6.45, 7) is 5.80. The number of benzene rings is 1. The molecule has 0 aliphatic carbocycles. The molecule has 3 rings (SSSR count). The van der Waals surface area contributed by atoms with Gasteiger partial charge in [0, 0.05) is 25.2 Å². The number of fused-ring (bicyclic) bond motifs is 1. The molecule has 1 amide bonds. The van der Waals surface area contributed by atoms with Crippen molar-refractivity contribution in [3.63, 3.8) is 0 Å². The molecule has 11 heteroatoms. The van der Waals surface area contributed by atoms with Crippen LogP contribution in [0.1, 0.15) is 26.6 Å². The van der Waals surface area contributed by atoms with Crippen LogP contribution in [0.3, 0.4) is 0 Å². The van der Waals surface area contributed by atoms with Gasteiger partial charge in [0.25, 0.3) is 5.56 Å². The van der Waals surface area contributed by atoms with Gasteiger partial charge in [-0.3, -0.25) is 18.7 Å². The molecule has 0 saturated heterocycles. The monoisotopic (exact) mass is 477 g/mol. The number of rotatable bonds is 5. The molecule has 0 unspecified atom stereocenters. The number of halogens is 1. The third-order valence-electron chi connectivity index (χ3n) is 4.71. The van der Waals surface area contributed by atoms with Crippen molar-refractivity contribution < 1.29 is 9.53 Å². The molecule has 2 aromatic heterocycles. The first-order valence-corrected chi connectivity index (χ1v) is 11.0. The summed E-state index contributed by atoms with van der Waals surface area (Å²) in [4.78, 5) is 46.8. The van der Waals surface area contributed by atoms with Crippen LogP contribution >= 0.6 is 23.4 Å². The fourth-order valence-electron chi connectivity index (χ4n) is 2.94. The Morgan fingerprint density at radius 2 is 1.88 bits per heavy atom. The molecule has 0 fully saturated rings. The van der Waals surface area contributed by atoms with Crippen molar-refractivity contribution in [1.82, 2.24) is 19.1 Å². The number of carbonyl (C=O) groups excluding carboxylic acids is 1. The van der Waals surface area contributed by atoms with E-state index >= 15 is 0 Å². The number of hydrogen-bond donors (Lipinski definition) is 1. The number of nitrogens with one attached hydrogen (secondary N) is 1. The average Bonchev–Trinajstić information content (AvgIpc) is 2.73. The average molecular weight is 478 g/mol. The first-order valence-electron chi connectivity index (χ1n) is 9.68. The summed E-state index contributed by atoms with van der Waals surface area (Å²) in [7, 11) is 4.46. The molecular formula is C21H24ClN5O4S. The van der Waals surface area contributed by atoms with Gasteiger partial charge in [-0.1, -0.05) is 44.1 Å². The van der Waals surface area contributed by atoms with Crippen molar-refractivity contribution in [3.05, 3.63) is 49.9 Å². The molecule has 2 heterocycles. The van der Waals surface area contributed by atoms with E-state index < -0.39 is 16.7 Å². The number of aromatic nitrogens is 4. The maximum Gasteiger partial charge on any atom is 0.332 e. The number of hydrogen-bond acceptors (Lipinski definition) is 7. The highest BCUT2D eigenvalue weighted by atomic mass is 35.5. The van der Waals surface area contributed by atoms with Crippen LogP contribution in [0.2, 0.25) is 5.02 Å². The zero-order valence-electron chi connectivity index (χ0n) is 18.6. The van der Waals surface area contributed by atoms with Gasteiger partial charge in [-0.25, -0.2) is 14.8 Å². The summed E-state index contributed by atoms with van der Waals surface area (Å²) in [6, 6.07) is 4.92. The van der Waals surface area contributed by atoms with Crippen LogP contribution in [-0.2, 0) is 24.3 Å². The van der Waals surface area contributed by atoms with Crippen molar-refractivity contribution >= 4 is 46.0 Å². The van der Waals surface area contributed by atoms with E-state index in [0.717, 1.165) is 16.3 Å². The maximum absolute atomic E-state index is 12.8. The second-order valence-electron chi connectivity index (χ2n) is 8.19. The first kappa shape index (κ1) is 23.8. The van der Waals surface area contributed by atoms with Crippen molar-refractivity contribution in [2.24, 2.45) is 14.1 Å². The molecule has 0 aliphatic heterocycles. The van der Waals surface area contributed by atoms with E-state index in [2.05, 4.69) is 15.3 Å². The highest BCUT2D eigenvalue weighted by molar-refractivity contribution is 8.00. The van der Waals surface area contributed by atoms with Crippen molar-refractivity contribution in [2.75, 3.05) is 18.2 Å². The molecule has 3 aromatic rings. The molecule has 0 spiro atoms. The molecule has 9 nitrogen and oxygen atoms in total. The van der Waals surface area contributed by atoms with Gasteiger partial charge in [0.2, 0.25) is 5.91 Å². The number of nitrogens with zero attached hydrogens (tertiary/aromatic N) is 4. The maximum atomic E-state index is 12.8. The predicted octanol–water partition coefficient (Wildman–Crippen LogP) is 2.72. The Hall–Kier alpha value is -2.85. The smallest absolute Gasteiger partial charge is 0.332 e. The number of carbonyl (C=O) groups is 1. The minimum Gasteiger partial charge on any atom is -0.495 e. The van der Waals surface area contributed by atoms with E-state index in [0.29, 0.717) is 27.3 Å². The van der Waals surface area contributed by atoms with E-state index in [4.69, 9.17) is 16.3 Å². The van der Waals surface area contributed by atoms with Gasteiger partial charge in [-0.15, -0.1) is 0 Å². The van der Waals surface area contributed by atoms with E-state index in [-0.39, 0.29) is 22.7 Å². The Kier molecular flexibility index (Phi) is 6.66. The third kappa shape index (κ3) is 4.66. The number of amides is 1. The molecule has 0 saturated carbocycles. The molecule has 32 heavy (non-hydrogen) atoms. The normalized spacial score (nSPS) is 11.6. The number of ether oxygens (including phenoxy) is 1. The fourth-order valence-corrected chi connectivity index (χ4v) is 4.02. The summed E-state index contributed by atoms with van der Waals surface area (Å²) in [6.07, 6.45) is 0. The molecule has 170 valence electrons. The van der Waals surface area contributed by atoms with Gasteiger partial charge in [-0.2, -0.15) is 0 Å². The Morgan fingerprint density at radius 1 is 1.19 bits per heavy atom. The van der Waals surface area contributed by atoms with Crippen molar-refractivity contribution in [2.45, 2.75) is 31.2 Å². The van der Waals surface area contributed by atoms with Crippen LogP contribution in [0, 0.1) is 0 Å². The standard InChI is InChI=1S/C21H24ClN5O4S/c1-21(2,3)19-24-16-15(18(29)27(5)20(30)26(16)4)17(25-19)32-10-14(28)23-11-7-8-13(31-6)12(22)9-11/h7-9H,10H2,1-6H3,(H,23,28). The summed E-state index contributed by atoms with van der Waals surface area (Å²) >= 11 is 7.22. The lowest BCUT2D eigenvalue weighted by molar-refractivity contribution is -0.113. The van der Waals surface area contributed by atoms with E-state index in [1.165, 1.54) is 18.7 Å². The van der Waals surface area contributed by atoms with Crippen molar-refractivity contribution in [3.8, 4) is 5.75 Å². The van der Waals surface area contributed by atoms with Gasteiger partial charge >= 0.3 is 5.69 Å². The quantitative estimate of drug-likeness (QED) is 0.444. The van der Waals surface area contributed by atoms with Gasteiger partial charge in [0.05, 0.1) is 17.9 Å². The molecule has 0 atom stereocenters. The van der Waals surface area contributed by atoms with Crippen LogP contribution in [0.4, 0.5) is 5.69 Å². The topological polar surface area (TPSA) is 108 Å². The number of anilines is 1. The van der Waals surface area contributed by atoms with Crippen LogP contribution in [-0.4, -0.2) is 37.9 Å². The van der Waals surface area contributed by atoms with E-state index in [9.17, 15) is 14.4 Å². The van der Waals surface area contributed by atoms with E-state index in [1.54, 1.807) is 25.2 Å². The minimum atomic E-state index is -0.506. The Labute approximate surface area is 193 Å². The second-order valence-corrected chi connectivity index (χ2v) is 9.56. The lowest BCUT2D eigenvalue weighted by atomic mass is 9.96. The Balaban J connectivity index is 1.97. The van der Waals surface area contributed by atoms with E-state index in [1.807, 2.05) is 20.8 Å². The lowest BCUT2D eigenvalue weighted by Crippen LogP contribution is -2.38. The summed E-state index contributed by atoms with van der Waals surface area (Å²) < 4.78 is 7.43. The fraction of sp³-hybridized carbons (Fsp3) is 0.381. The van der Waals surface area contributed by atoms with Gasteiger partial charge < -0.3 is 10.1 Å². The molecular weight excluding hydrogens is 454 g/mol. The Bertz CT molecular complexity index is 1330. The van der Waals surface area contributed by atoms with Crippen LogP contribution < -0.4 is 21.3 Å². The minimum absolute atomic E-state index is 0.00859. The van der Waals surface area contributed by atoms with Gasteiger partial charge in [0.1, 0.15) is 22.0 Å². The Morgan fingerprint density at radius 3 is 2.47 bits per heavy atom. The third-order valence-corrected chi connectivity index (χ3v) is 5.98. The van der Waals surface area contributed by atoms with Gasteiger partial charge in [-0.05, 0) is 18.2 Å². The zero-order chi connectivity index (χ0) is 23.8. The highest BCUT2D eigenvalue weighted by Crippen LogP contribution is 2.29. The molecule has 1 N–H and O–H groups in total. The molecule has 0 aliphatic rings. The lowest BCUT2D eigenvalue weighted by Gasteiger charge is -2.19. The summed E-state index contributed by atoms with van der Waals surface area (Å²) in [5, 5.41) is 3.68. The largest absolute Gasteiger partial charge is 0.495 e. The number of aryl methyl sites for hydroxylation is 1. The van der Waals surface area contributed by atoms with Gasteiger partial charge in [0.15, 0.2) is 5.65 Å². The summed E-state index contributed by atoms with van der Waals surface area (Å²) in [5.74, 6) is 0.661. The second kappa shape index (κ2) is 8.95. The first-order chi connectivity index (χ1) is 14.9.